The molecule has 0 aliphatic heterocycles. The molecule has 2 nitrogen and oxygen atoms in total. The summed E-state index contributed by atoms with van der Waals surface area (Å²) in [6, 6.07) is 8.60. The molecular formula is C14H23NO. The van der Waals surface area contributed by atoms with E-state index in [4.69, 9.17) is 0 Å². The highest BCUT2D eigenvalue weighted by atomic mass is 16.3. The Balaban J connectivity index is 2.64. The molecule has 0 bridgehead atoms. The van der Waals surface area contributed by atoms with E-state index in [1.807, 2.05) is 6.92 Å². The molecule has 0 aliphatic carbocycles. The van der Waals surface area contributed by atoms with Gasteiger partial charge < -0.3 is 5.11 Å². The van der Waals surface area contributed by atoms with Crippen LogP contribution in [-0.4, -0.2) is 29.2 Å². The zero-order chi connectivity index (χ0) is 12.1. The minimum absolute atomic E-state index is 0.199. The Morgan fingerprint density at radius 2 is 1.94 bits per heavy atom. The van der Waals surface area contributed by atoms with Crippen LogP contribution >= 0.6 is 0 Å². The summed E-state index contributed by atoms with van der Waals surface area (Å²) in [5.74, 6) is 0. The molecule has 2 atom stereocenters. The summed E-state index contributed by atoms with van der Waals surface area (Å²) in [6.45, 7) is 7.12. The molecule has 0 saturated heterocycles. The van der Waals surface area contributed by atoms with Crippen LogP contribution in [0, 0.1) is 6.92 Å². The Hall–Kier alpha value is -0.860. The molecule has 0 aromatic heterocycles. The normalized spacial score (nSPS) is 15.1. The van der Waals surface area contributed by atoms with Gasteiger partial charge in [-0.2, -0.15) is 0 Å². The van der Waals surface area contributed by atoms with Gasteiger partial charge in [-0.25, -0.2) is 0 Å². The van der Waals surface area contributed by atoms with Crippen LogP contribution < -0.4 is 0 Å². The third kappa shape index (κ3) is 3.32. The zero-order valence-electron chi connectivity index (χ0n) is 10.8. The van der Waals surface area contributed by atoms with E-state index in [-0.39, 0.29) is 12.1 Å². The van der Waals surface area contributed by atoms with Crippen molar-refractivity contribution in [2.45, 2.75) is 45.9 Å². The number of benzene rings is 1. The minimum atomic E-state index is -0.242. The van der Waals surface area contributed by atoms with Gasteiger partial charge >= 0.3 is 0 Å². The highest BCUT2D eigenvalue weighted by Gasteiger charge is 2.17. The molecule has 1 aromatic rings. The molecule has 0 saturated carbocycles. The van der Waals surface area contributed by atoms with Crippen molar-refractivity contribution in [3.63, 3.8) is 0 Å². The van der Waals surface area contributed by atoms with Gasteiger partial charge in [0, 0.05) is 12.6 Å². The molecular weight excluding hydrogens is 198 g/mol. The van der Waals surface area contributed by atoms with E-state index in [2.05, 4.69) is 50.1 Å². The lowest BCUT2D eigenvalue weighted by Gasteiger charge is -2.28. The van der Waals surface area contributed by atoms with E-state index in [1.54, 1.807) is 0 Å². The van der Waals surface area contributed by atoms with Gasteiger partial charge in [-0.15, -0.1) is 0 Å². The summed E-state index contributed by atoms with van der Waals surface area (Å²) in [5, 5.41) is 9.80. The van der Waals surface area contributed by atoms with Crippen LogP contribution in [0.5, 0.6) is 0 Å². The molecule has 16 heavy (non-hydrogen) atoms. The third-order valence-corrected chi connectivity index (χ3v) is 3.35. The predicted molar refractivity (Wildman–Crippen MR) is 68.4 cm³/mol. The summed E-state index contributed by atoms with van der Waals surface area (Å²) in [4.78, 5) is 2.20. The topological polar surface area (TPSA) is 23.5 Å². The van der Waals surface area contributed by atoms with Crippen LogP contribution in [0.4, 0.5) is 0 Å². The fourth-order valence-electron chi connectivity index (χ4n) is 1.84. The van der Waals surface area contributed by atoms with E-state index >= 15 is 0 Å². The van der Waals surface area contributed by atoms with Crippen LogP contribution in [0.1, 0.15) is 31.4 Å². The maximum atomic E-state index is 9.80. The molecule has 0 heterocycles. The number of nitrogens with zero attached hydrogens (tertiary/aromatic N) is 1. The summed E-state index contributed by atoms with van der Waals surface area (Å²) >= 11 is 0. The summed E-state index contributed by atoms with van der Waals surface area (Å²) < 4.78 is 0. The van der Waals surface area contributed by atoms with Crippen molar-refractivity contribution in [3.8, 4) is 0 Å². The second-order valence-electron chi connectivity index (χ2n) is 4.56. The maximum absolute atomic E-state index is 9.80. The number of aliphatic hydroxyl groups excluding tert-OH is 1. The number of hydrogen-bond donors (Lipinski definition) is 1. The first kappa shape index (κ1) is 13.2. The van der Waals surface area contributed by atoms with Gasteiger partial charge in [0.15, 0.2) is 0 Å². The maximum Gasteiger partial charge on any atom is 0.0690 e. The van der Waals surface area contributed by atoms with Crippen LogP contribution in [0.3, 0.4) is 0 Å². The second-order valence-corrected chi connectivity index (χ2v) is 4.56. The first-order valence-electron chi connectivity index (χ1n) is 5.99. The average molecular weight is 221 g/mol. The Kier molecular flexibility index (Phi) is 4.97. The standard InChI is InChI=1S/C14H23NO/c1-5-14(16)12(3)15(4)10-13-9-7-6-8-11(13)2/h6-9,12,14,16H,5,10H2,1-4H3. The quantitative estimate of drug-likeness (QED) is 0.826. The van der Waals surface area contributed by atoms with Crippen LogP contribution in [-0.2, 0) is 6.54 Å². The molecule has 1 aromatic carbocycles. The lowest BCUT2D eigenvalue weighted by atomic mass is 10.1. The summed E-state index contributed by atoms with van der Waals surface area (Å²) in [5.41, 5.74) is 2.65. The monoisotopic (exact) mass is 221 g/mol. The van der Waals surface area contributed by atoms with E-state index in [9.17, 15) is 5.11 Å². The van der Waals surface area contributed by atoms with Crippen molar-refractivity contribution in [1.82, 2.24) is 4.90 Å². The van der Waals surface area contributed by atoms with E-state index < -0.39 is 0 Å². The fraction of sp³-hybridized carbons (Fsp3) is 0.571. The Morgan fingerprint density at radius 3 is 2.50 bits per heavy atom. The predicted octanol–water partition coefficient (Wildman–Crippen LogP) is 2.59. The van der Waals surface area contributed by atoms with Gasteiger partial charge in [-0.05, 0) is 38.4 Å². The Bertz CT molecular complexity index is 324. The molecule has 1 rings (SSSR count). The molecule has 1 N–H and O–H groups in total. The highest BCUT2D eigenvalue weighted by Crippen LogP contribution is 2.13. The molecule has 0 amide bonds. The SMILES string of the molecule is CCC(O)C(C)N(C)Cc1ccccc1C. The summed E-state index contributed by atoms with van der Waals surface area (Å²) in [6.07, 6.45) is 0.563. The van der Waals surface area contributed by atoms with Crippen LogP contribution in [0.2, 0.25) is 0 Å². The van der Waals surface area contributed by atoms with E-state index in [0.717, 1.165) is 13.0 Å². The molecule has 0 fully saturated rings. The Morgan fingerprint density at radius 1 is 1.31 bits per heavy atom. The number of aliphatic hydroxyl groups is 1. The molecule has 2 unspecified atom stereocenters. The van der Waals surface area contributed by atoms with Crippen LogP contribution in [0.15, 0.2) is 24.3 Å². The first-order valence-corrected chi connectivity index (χ1v) is 5.99. The van der Waals surface area contributed by atoms with Crippen molar-refractivity contribution < 1.29 is 5.11 Å². The fourth-order valence-corrected chi connectivity index (χ4v) is 1.84. The van der Waals surface area contributed by atoms with Crippen molar-refractivity contribution >= 4 is 0 Å². The first-order chi connectivity index (χ1) is 7.56. The minimum Gasteiger partial charge on any atom is -0.392 e. The van der Waals surface area contributed by atoms with Gasteiger partial charge in [-0.1, -0.05) is 31.2 Å². The Labute approximate surface area is 98.9 Å². The number of likely N-dealkylation sites (N-methyl/N-ethyl adjacent to an activating group) is 1. The van der Waals surface area contributed by atoms with E-state index in [1.165, 1.54) is 11.1 Å². The summed E-state index contributed by atoms with van der Waals surface area (Å²) in [7, 11) is 2.07. The number of aryl methyl sites for hydroxylation is 1. The smallest absolute Gasteiger partial charge is 0.0690 e. The lowest BCUT2D eigenvalue weighted by molar-refractivity contribution is 0.0664. The number of hydrogen-bond acceptors (Lipinski definition) is 2. The van der Waals surface area contributed by atoms with E-state index in [0.29, 0.717) is 0 Å². The van der Waals surface area contributed by atoms with Crippen molar-refractivity contribution in [2.75, 3.05) is 7.05 Å². The van der Waals surface area contributed by atoms with Gasteiger partial charge in [0.05, 0.1) is 6.10 Å². The largest absolute Gasteiger partial charge is 0.392 e. The van der Waals surface area contributed by atoms with Gasteiger partial charge in [-0.3, -0.25) is 4.90 Å². The van der Waals surface area contributed by atoms with Crippen molar-refractivity contribution in [3.05, 3.63) is 35.4 Å². The second kappa shape index (κ2) is 6.02. The molecule has 0 aliphatic rings. The van der Waals surface area contributed by atoms with Gasteiger partial charge in [0.25, 0.3) is 0 Å². The average Bonchev–Trinajstić information content (AvgIpc) is 2.30. The van der Waals surface area contributed by atoms with Crippen molar-refractivity contribution in [1.29, 1.82) is 0 Å². The zero-order valence-corrected chi connectivity index (χ0v) is 10.8. The number of rotatable bonds is 5. The molecule has 0 spiro atoms. The molecule has 90 valence electrons. The highest BCUT2D eigenvalue weighted by molar-refractivity contribution is 5.25. The third-order valence-electron chi connectivity index (χ3n) is 3.35. The van der Waals surface area contributed by atoms with Gasteiger partial charge in [0.2, 0.25) is 0 Å². The lowest BCUT2D eigenvalue weighted by Crippen LogP contribution is -2.38. The molecule has 2 heteroatoms. The van der Waals surface area contributed by atoms with Gasteiger partial charge in [0.1, 0.15) is 0 Å². The van der Waals surface area contributed by atoms with Crippen molar-refractivity contribution in [2.24, 2.45) is 0 Å². The van der Waals surface area contributed by atoms with Crippen LogP contribution in [0.25, 0.3) is 0 Å². The molecule has 0 radical (unpaired) electrons.